The summed E-state index contributed by atoms with van der Waals surface area (Å²) >= 11 is 0. The van der Waals surface area contributed by atoms with Gasteiger partial charge in [0.15, 0.2) is 0 Å². The Morgan fingerprint density at radius 1 is 1.50 bits per heavy atom. The molecule has 0 aliphatic carbocycles. The van der Waals surface area contributed by atoms with E-state index in [1.165, 1.54) is 6.33 Å². The van der Waals surface area contributed by atoms with Crippen LogP contribution in [0.5, 0.6) is 0 Å². The zero-order valence-electron chi connectivity index (χ0n) is 11.0. The van der Waals surface area contributed by atoms with Gasteiger partial charge in [0.25, 0.3) is 0 Å². The quantitative estimate of drug-likeness (QED) is 0.896. The maximum Gasteiger partial charge on any atom is 0.147 e. The second-order valence-electron chi connectivity index (χ2n) is 4.62. The molecule has 7 heteroatoms. The predicted molar refractivity (Wildman–Crippen MR) is 70.8 cm³/mol. The van der Waals surface area contributed by atoms with Crippen molar-refractivity contribution in [3.05, 3.63) is 36.0 Å². The number of aromatic nitrogens is 4. The first-order valence-corrected chi connectivity index (χ1v) is 6.33. The van der Waals surface area contributed by atoms with Crippen LogP contribution in [0.15, 0.2) is 24.7 Å². The molecule has 2 aromatic rings. The lowest BCUT2D eigenvalue weighted by Crippen LogP contribution is -2.27. The number of nitrogens with zero attached hydrogens (tertiary/aromatic N) is 5. The molecule has 1 saturated heterocycles. The molecular formula is C13H14N6O. The molecule has 102 valence electrons. The minimum Gasteiger partial charge on any atom is -0.380 e. The topological polar surface area (TPSA) is 90.7 Å². The lowest BCUT2D eigenvalue weighted by molar-refractivity contribution is 0.118. The summed E-state index contributed by atoms with van der Waals surface area (Å²) in [6.07, 6.45) is 4.04. The van der Waals surface area contributed by atoms with Gasteiger partial charge in [0, 0.05) is 26.3 Å². The second-order valence-corrected chi connectivity index (χ2v) is 4.62. The molecule has 2 aromatic heterocycles. The Bertz CT molecular complexity index is 620. The van der Waals surface area contributed by atoms with E-state index in [2.05, 4.69) is 26.2 Å². The van der Waals surface area contributed by atoms with Crippen molar-refractivity contribution >= 4 is 5.82 Å². The van der Waals surface area contributed by atoms with Crippen LogP contribution in [-0.2, 0) is 4.74 Å². The summed E-state index contributed by atoms with van der Waals surface area (Å²) in [6, 6.07) is 5.69. The molecule has 0 saturated carbocycles. The second kappa shape index (κ2) is 5.27. The van der Waals surface area contributed by atoms with Crippen molar-refractivity contribution < 1.29 is 4.74 Å². The number of methoxy groups -OCH3 is 1. The zero-order chi connectivity index (χ0) is 13.9. The highest BCUT2D eigenvalue weighted by atomic mass is 16.5. The Labute approximate surface area is 116 Å². The van der Waals surface area contributed by atoms with Gasteiger partial charge in [-0.05, 0) is 12.1 Å². The maximum atomic E-state index is 9.23. The molecule has 0 amide bonds. The third kappa shape index (κ3) is 2.10. The zero-order valence-corrected chi connectivity index (χ0v) is 11.0. The van der Waals surface area contributed by atoms with Crippen LogP contribution in [0, 0.1) is 11.3 Å². The van der Waals surface area contributed by atoms with Crippen molar-refractivity contribution in [2.24, 2.45) is 0 Å². The van der Waals surface area contributed by atoms with Crippen LogP contribution >= 0.6 is 0 Å². The summed E-state index contributed by atoms with van der Waals surface area (Å²) < 4.78 is 5.45. The van der Waals surface area contributed by atoms with Crippen LogP contribution in [0.3, 0.4) is 0 Å². The number of H-pyrrole nitrogens is 1. The Balaban J connectivity index is 1.99. The van der Waals surface area contributed by atoms with Crippen LogP contribution in [-0.4, -0.2) is 39.9 Å². The molecule has 7 nitrogen and oxygen atoms in total. The smallest absolute Gasteiger partial charge is 0.147 e. The van der Waals surface area contributed by atoms with E-state index >= 15 is 0 Å². The van der Waals surface area contributed by atoms with Crippen LogP contribution in [0.1, 0.15) is 23.9 Å². The molecule has 3 heterocycles. The van der Waals surface area contributed by atoms with Crippen molar-refractivity contribution in [1.82, 2.24) is 20.2 Å². The summed E-state index contributed by atoms with van der Waals surface area (Å²) in [5, 5.41) is 16.0. The van der Waals surface area contributed by atoms with E-state index in [1.54, 1.807) is 25.4 Å². The Kier molecular flexibility index (Phi) is 3.31. The predicted octanol–water partition coefficient (Wildman–Crippen LogP) is 1.04. The molecule has 1 aliphatic heterocycles. The van der Waals surface area contributed by atoms with Crippen molar-refractivity contribution in [2.75, 3.05) is 18.6 Å². The number of nitriles is 1. The summed E-state index contributed by atoms with van der Waals surface area (Å²) in [5.74, 6) is 1.43. The maximum absolute atomic E-state index is 9.23. The molecule has 0 radical (unpaired) electrons. The number of nitrogens with one attached hydrogen (secondary N) is 1. The third-order valence-electron chi connectivity index (χ3n) is 3.52. The van der Waals surface area contributed by atoms with Crippen LogP contribution in [0.2, 0.25) is 0 Å². The Hall–Kier alpha value is -2.46. The van der Waals surface area contributed by atoms with E-state index in [-0.39, 0.29) is 12.1 Å². The van der Waals surface area contributed by atoms with Crippen LogP contribution < -0.4 is 4.90 Å². The SMILES string of the molecule is CO[C@@H]1C[C@@H](c2ncn[nH]2)N(c2ncccc2C#N)C1. The normalized spacial score (nSPS) is 21.9. The number of hydrogen-bond donors (Lipinski definition) is 1. The Morgan fingerprint density at radius 3 is 3.10 bits per heavy atom. The third-order valence-corrected chi connectivity index (χ3v) is 3.52. The molecule has 0 aromatic carbocycles. The minimum atomic E-state index is -0.00977. The van der Waals surface area contributed by atoms with E-state index in [4.69, 9.17) is 4.74 Å². The summed E-state index contributed by atoms with van der Waals surface area (Å²) in [4.78, 5) is 10.6. The van der Waals surface area contributed by atoms with Crippen molar-refractivity contribution in [1.29, 1.82) is 5.26 Å². The monoisotopic (exact) mass is 270 g/mol. The Morgan fingerprint density at radius 2 is 2.40 bits per heavy atom. The molecule has 1 fully saturated rings. The van der Waals surface area contributed by atoms with Crippen LogP contribution in [0.4, 0.5) is 5.82 Å². The lowest BCUT2D eigenvalue weighted by atomic mass is 10.2. The molecule has 3 rings (SSSR count). The van der Waals surface area contributed by atoms with Gasteiger partial charge in [0.1, 0.15) is 24.0 Å². The molecular weight excluding hydrogens is 256 g/mol. The number of anilines is 1. The molecule has 20 heavy (non-hydrogen) atoms. The molecule has 0 spiro atoms. The average Bonchev–Trinajstić information content (AvgIpc) is 3.15. The molecule has 1 aliphatic rings. The first-order valence-electron chi connectivity index (χ1n) is 6.33. The fourth-order valence-electron chi connectivity index (χ4n) is 2.55. The van der Waals surface area contributed by atoms with Crippen molar-refractivity contribution in [3.8, 4) is 6.07 Å². The van der Waals surface area contributed by atoms with Gasteiger partial charge in [-0.25, -0.2) is 9.97 Å². The van der Waals surface area contributed by atoms with E-state index in [1.807, 2.05) is 4.90 Å². The first-order chi connectivity index (χ1) is 9.83. The highest BCUT2D eigenvalue weighted by Crippen LogP contribution is 2.35. The number of hydrogen-bond acceptors (Lipinski definition) is 6. The fourth-order valence-corrected chi connectivity index (χ4v) is 2.55. The van der Waals surface area contributed by atoms with Gasteiger partial charge >= 0.3 is 0 Å². The molecule has 2 atom stereocenters. The highest BCUT2D eigenvalue weighted by Gasteiger charge is 2.36. The van der Waals surface area contributed by atoms with Crippen molar-refractivity contribution in [2.45, 2.75) is 18.6 Å². The van der Waals surface area contributed by atoms with Gasteiger partial charge in [-0.1, -0.05) is 0 Å². The summed E-state index contributed by atoms with van der Waals surface area (Å²) in [6.45, 7) is 0.674. The van der Waals surface area contributed by atoms with E-state index < -0.39 is 0 Å². The fraction of sp³-hybridized carbons (Fsp3) is 0.385. The largest absolute Gasteiger partial charge is 0.380 e. The summed E-state index contributed by atoms with van der Waals surface area (Å²) in [5.41, 5.74) is 0.550. The standard InChI is InChI=1S/C13H14N6O/c1-20-10-5-11(12-16-8-17-18-12)19(7-10)13-9(6-14)3-2-4-15-13/h2-4,8,10-11H,5,7H2,1H3,(H,16,17,18)/t10-,11+/m1/s1. The number of rotatable bonds is 3. The van der Waals surface area contributed by atoms with E-state index in [0.717, 1.165) is 12.2 Å². The first kappa shape index (κ1) is 12.6. The van der Waals surface area contributed by atoms with Gasteiger partial charge in [-0.3, -0.25) is 5.10 Å². The number of pyridine rings is 1. The van der Waals surface area contributed by atoms with Gasteiger partial charge < -0.3 is 9.64 Å². The highest BCUT2D eigenvalue weighted by molar-refractivity contribution is 5.55. The number of ether oxygens (including phenoxy) is 1. The number of aromatic amines is 1. The lowest BCUT2D eigenvalue weighted by Gasteiger charge is -2.24. The average molecular weight is 270 g/mol. The van der Waals surface area contributed by atoms with Gasteiger partial charge in [-0.2, -0.15) is 10.4 Å². The molecule has 1 N–H and O–H groups in total. The van der Waals surface area contributed by atoms with Gasteiger partial charge in [-0.15, -0.1) is 0 Å². The van der Waals surface area contributed by atoms with E-state index in [0.29, 0.717) is 17.9 Å². The van der Waals surface area contributed by atoms with E-state index in [9.17, 15) is 5.26 Å². The van der Waals surface area contributed by atoms with Gasteiger partial charge in [0.05, 0.1) is 17.7 Å². The molecule has 0 bridgehead atoms. The minimum absolute atomic E-state index is 0.00977. The van der Waals surface area contributed by atoms with Crippen molar-refractivity contribution in [3.63, 3.8) is 0 Å². The summed E-state index contributed by atoms with van der Waals surface area (Å²) in [7, 11) is 1.69. The van der Waals surface area contributed by atoms with Crippen LogP contribution in [0.25, 0.3) is 0 Å². The van der Waals surface area contributed by atoms with Gasteiger partial charge in [0.2, 0.25) is 0 Å². The molecule has 0 unspecified atom stereocenters.